The zero-order valence-electron chi connectivity index (χ0n) is 11.3. The molecule has 18 heavy (non-hydrogen) atoms. The van der Waals surface area contributed by atoms with Crippen molar-refractivity contribution in [2.24, 2.45) is 0 Å². The van der Waals surface area contributed by atoms with E-state index in [-0.39, 0.29) is 5.78 Å². The highest BCUT2D eigenvalue weighted by Crippen LogP contribution is 1.97. The SMILES string of the molecule is CC(=O)c1ccccc1.CNC.c1ccccc1. The number of Topliss-reactive ketones (excluding diaryl/α,β-unsaturated/α-hetero) is 1. The van der Waals surface area contributed by atoms with Crippen LogP contribution in [-0.2, 0) is 0 Å². The average molecular weight is 243 g/mol. The zero-order chi connectivity index (χ0) is 13.6. The third-order valence-electron chi connectivity index (χ3n) is 1.85. The molecule has 2 aromatic rings. The van der Waals surface area contributed by atoms with Gasteiger partial charge in [0.25, 0.3) is 0 Å². The highest BCUT2D eigenvalue weighted by Gasteiger charge is 1.92. The second-order valence-electron chi connectivity index (χ2n) is 3.58. The predicted molar refractivity (Wildman–Crippen MR) is 77.9 cm³/mol. The molecule has 2 rings (SSSR count). The second kappa shape index (κ2) is 11.6. The first kappa shape index (κ1) is 16.1. The van der Waals surface area contributed by atoms with E-state index in [0.29, 0.717) is 0 Å². The van der Waals surface area contributed by atoms with Crippen molar-refractivity contribution in [1.29, 1.82) is 0 Å². The summed E-state index contributed by atoms with van der Waals surface area (Å²) in [5.74, 6) is 0.121. The standard InChI is InChI=1S/C8H8O.C6H6.C2H7N/c1-7(9)8-5-3-2-4-6-8;1-2-4-6-5-3-1;1-3-2/h2-6H,1H3;1-6H;3H,1-2H3. The summed E-state index contributed by atoms with van der Waals surface area (Å²) in [6.07, 6.45) is 0. The third-order valence-corrected chi connectivity index (χ3v) is 1.85. The number of hydrogen-bond donors (Lipinski definition) is 1. The molecule has 2 heteroatoms. The van der Waals surface area contributed by atoms with E-state index in [9.17, 15) is 4.79 Å². The summed E-state index contributed by atoms with van der Waals surface area (Å²) >= 11 is 0. The number of carbonyl (C=O) groups is 1. The van der Waals surface area contributed by atoms with E-state index < -0.39 is 0 Å². The molecular formula is C16H21NO. The van der Waals surface area contributed by atoms with Crippen molar-refractivity contribution in [3.05, 3.63) is 72.3 Å². The van der Waals surface area contributed by atoms with Gasteiger partial charge >= 0.3 is 0 Å². The largest absolute Gasteiger partial charge is 0.323 e. The van der Waals surface area contributed by atoms with E-state index in [0.717, 1.165) is 5.56 Å². The van der Waals surface area contributed by atoms with Gasteiger partial charge in [-0.15, -0.1) is 0 Å². The normalized spacial score (nSPS) is 8.17. The third kappa shape index (κ3) is 9.31. The van der Waals surface area contributed by atoms with Crippen LogP contribution in [0.3, 0.4) is 0 Å². The second-order valence-corrected chi connectivity index (χ2v) is 3.58. The van der Waals surface area contributed by atoms with Crippen molar-refractivity contribution in [1.82, 2.24) is 5.32 Å². The van der Waals surface area contributed by atoms with Crippen LogP contribution in [0.5, 0.6) is 0 Å². The molecule has 0 fully saturated rings. The van der Waals surface area contributed by atoms with Gasteiger partial charge in [-0.05, 0) is 21.0 Å². The molecule has 0 radical (unpaired) electrons. The Morgan fingerprint density at radius 1 is 0.778 bits per heavy atom. The lowest BCUT2D eigenvalue weighted by molar-refractivity contribution is 0.101. The Morgan fingerprint density at radius 2 is 1.06 bits per heavy atom. The maximum atomic E-state index is 10.6. The van der Waals surface area contributed by atoms with E-state index in [1.54, 1.807) is 6.92 Å². The Hall–Kier alpha value is -1.93. The molecule has 0 saturated heterocycles. The van der Waals surface area contributed by atoms with Gasteiger partial charge in [0.15, 0.2) is 5.78 Å². The summed E-state index contributed by atoms with van der Waals surface area (Å²) in [5.41, 5.74) is 0.775. The van der Waals surface area contributed by atoms with Gasteiger partial charge in [-0.25, -0.2) is 0 Å². The van der Waals surface area contributed by atoms with Gasteiger partial charge in [0.1, 0.15) is 0 Å². The molecule has 2 nitrogen and oxygen atoms in total. The number of nitrogens with one attached hydrogen (secondary N) is 1. The summed E-state index contributed by atoms with van der Waals surface area (Å²) in [7, 11) is 3.75. The molecule has 0 spiro atoms. The van der Waals surface area contributed by atoms with E-state index in [1.807, 2.05) is 80.8 Å². The molecule has 0 heterocycles. The molecular weight excluding hydrogens is 222 g/mol. The van der Waals surface area contributed by atoms with Crippen LogP contribution in [0, 0.1) is 0 Å². The molecule has 0 aromatic heterocycles. The van der Waals surface area contributed by atoms with Crippen molar-refractivity contribution in [3.8, 4) is 0 Å². The van der Waals surface area contributed by atoms with Gasteiger partial charge in [-0.3, -0.25) is 4.79 Å². The van der Waals surface area contributed by atoms with Crippen LogP contribution < -0.4 is 5.32 Å². The Balaban J connectivity index is 0.000000278. The first-order valence-corrected chi connectivity index (χ1v) is 5.86. The minimum absolute atomic E-state index is 0.121. The van der Waals surface area contributed by atoms with E-state index >= 15 is 0 Å². The minimum Gasteiger partial charge on any atom is -0.323 e. The lowest BCUT2D eigenvalue weighted by Gasteiger charge is -1.89. The van der Waals surface area contributed by atoms with Crippen molar-refractivity contribution in [2.45, 2.75) is 6.92 Å². The Morgan fingerprint density at radius 3 is 1.28 bits per heavy atom. The maximum absolute atomic E-state index is 10.6. The van der Waals surface area contributed by atoms with Crippen LogP contribution in [-0.4, -0.2) is 19.9 Å². The van der Waals surface area contributed by atoms with Gasteiger partial charge in [-0.1, -0.05) is 66.7 Å². The van der Waals surface area contributed by atoms with Crippen molar-refractivity contribution < 1.29 is 4.79 Å². The number of carbonyl (C=O) groups excluding carboxylic acids is 1. The first-order valence-electron chi connectivity index (χ1n) is 5.86. The summed E-state index contributed by atoms with van der Waals surface area (Å²) in [5, 5.41) is 2.75. The van der Waals surface area contributed by atoms with Crippen LogP contribution in [0.2, 0.25) is 0 Å². The van der Waals surface area contributed by atoms with Gasteiger partial charge in [0, 0.05) is 5.56 Å². The molecule has 0 aliphatic rings. The summed E-state index contributed by atoms with van der Waals surface area (Å²) in [4.78, 5) is 10.6. The molecule has 0 unspecified atom stereocenters. The molecule has 0 amide bonds. The number of ketones is 1. The fraction of sp³-hybridized carbons (Fsp3) is 0.188. The predicted octanol–water partition coefficient (Wildman–Crippen LogP) is 3.41. The summed E-state index contributed by atoms with van der Waals surface area (Å²) < 4.78 is 0. The van der Waals surface area contributed by atoms with Crippen molar-refractivity contribution in [3.63, 3.8) is 0 Å². The first-order chi connectivity index (χ1) is 8.72. The molecule has 0 aliphatic heterocycles. The highest BCUT2D eigenvalue weighted by molar-refractivity contribution is 5.93. The fourth-order valence-corrected chi connectivity index (χ4v) is 1.06. The van der Waals surface area contributed by atoms with Gasteiger partial charge in [0.05, 0.1) is 0 Å². The molecule has 0 bridgehead atoms. The van der Waals surface area contributed by atoms with Gasteiger partial charge in [-0.2, -0.15) is 0 Å². The highest BCUT2D eigenvalue weighted by atomic mass is 16.1. The molecule has 0 aliphatic carbocycles. The molecule has 0 saturated carbocycles. The van der Waals surface area contributed by atoms with Crippen LogP contribution in [0.15, 0.2) is 66.7 Å². The smallest absolute Gasteiger partial charge is 0.159 e. The molecule has 1 N–H and O–H groups in total. The average Bonchev–Trinajstić information content (AvgIpc) is 2.43. The van der Waals surface area contributed by atoms with Crippen LogP contribution in [0.4, 0.5) is 0 Å². The maximum Gasteiger partial charge on any atom is 0.159 e. The molecule has 2 aromatic carbocycles. The number of benzene rings is 2. The Labute approximate surface area is 110 Å². The van der Waals surface area contributed by atoms with Gasteiger partial charge < -0.3 is 5.32 Å². The number of hydrogen-bond acceptors (Lipinski definition) is 2. The number of rotatable bonds is 1. The lowest BCUT2D eigenvalue weighted by Crippen LogP contribution is -1.89. The summed E-state index contributed by atoms with van der Waals surface area (Å²) in [6, 6.07) is 21.2. The topological polar surface area (TPSA) is 29.1 Å². The van der Waals surface area contributed by atoms with Gasteiger partial charge in [0.2, 0.25) is 0 Å². The van der Waals surface area contributed by atoms with Crippen molar-refractivity contribution in [2.75, 3.05) is 14.1 Å². The van der Waals surface area contributed by atoms with Crippen molar-refractivity contribution >= 4 is 5.78 Å². The fourth-order valence-electron chi connectivity index (χ4n) is 1.06. The molecule has 96 valence electrons. The monoisotopic (exact) mass is 243 g/mol. The lowest BCUT2D eigenvalue weighted by atomic mass is 10.2. The zero-order valence-corrected chi connectivity index (χ0v) is 11.3. The van der Waals surface area contributed by atoms with E-state index in [2.05, 4.69) is 5.32 Å². The van der Waals surface area contributed by atoms with Crippen LogP contribution in [0.25, 0.3) is 0 Å². The Kier molecular flexibility index (Phi) is 10.3. The van der Waals surface area contributed by atoms with Crippen LogP contribution >= 0.6 is 0 Å². The molecule has 0 atom stereocenters. The van der Waals surface area contributed by atoms with E-state index in [1.165, 1.54) is 0 Å². The Bertz CT molecular complexity index is 371. The van der Waals surface area contributed by atoms with Crippen LogP contribution in [0.1, 0.15) is 17.3 Å². The minimum atomic E-state index is 0.121. The van der Waals surface area contributed by atoms with E-state index in [4.69, 9.17) is 0 Å². The summed E-state index contributed by atoms with van der Waals surface area (Å²) in [6.45, 7) is 1.56. The quantitative estimate of drug-likeness (QED) is 0.778.